The Morgan fingerprint density at radius 2 is 1.30 bits per heavy atom. The zero-order valence-electron chi connectivity index (χ0n) is 19.9. The number of ether oxygens (including phenoxy) is 1. The van der Waals surface area contributed by atoms with Crippen molar-refractivity contribution >= 4 is 15.9 Å². The lowest BCUT2D eigenvalue weighted by Gasteiger charge is -2.21. The number of sulfonamides is 1. The highest BCUT2D eigenvalue weighted by Gasteiger charge is 2.28. The molecule has 0 saturated carbocycles. The number of carbonyl (C=O) groups excluding carboxylic acids is 1. The third-order valence-corrected chi connectivity index (χ3v) is 7.11. The fraction of sp³-hybridized carbons (Fsp3) is 0.107. The van der Waals surface area contributed by atoms with Crippen LogP contribution >= 0.6 is 0 Å². The van der Waals surface area contributed by atoms with E-state index < -0.39 is 22.5 Å². The van der Waals surface area contributed by atoms with Crippen molar-refractivity contribution in [3.8, 4) is 16.9 Å². The predicted octanol–water partition coefficient (Wildman–Crippen LogP) is 4.56. The number of nitrogens with one attached hydrogen (secondary N) is 1. The maximum Gasteiger partial charge on any atom is 0.265 e. The summed E-state index contributed by atoms with van der Waals surface area (Å²) in [5, 5.41) is 8.94. The van der Waals surface area contributed by atoms with Gasteiger partial charge in [-0.2, -0.15) is 0 Å². The molecule has 4 aromatic carbocycles. The molecule has 0 heterocycles. The van der Waals surface area contributed by atoms with E-state index in [0.717, 1.165) is 16.7 Å². The first-order chi connectivity index (χ1) is 18.0. The lowest BCUT2D eigenvalue weighted by atomic mass is 10.1. The highest BCUT2D eigenvalue weighted by Crippen LogP contribution is 2.24. The van der Waals surface area contributed by atoms with Gasteiger partial charge in [0.1, 0.15) is 18.9 Å². The average molecular weight is 519 g/mol. The maximum atomic E-state index is 13.2. The van der Waals surface area contributed by atoms with Crippen molar-refractivity contribution in [2.75, 3.05) is 6.54 Å². The highest BCUT2D eigenvalue weighted by atomic mass is 32.2. The van der Waals surface area contributed by atoms with Crippen LogP contribution in [0, 0.1) is 0 Å². The molecule has 0 saturated heterocycles. The third-order valence-electron chi connectivity index (χ3n) is 5.47. The monoisotopic (exact) mass is 518 g/mol. The molecule has 0 aromatic heterocycles. The number of amides is 1. The summed E-state index contributed by atoms with van der Waals surface area (Å²) in [6, 6.07) is 32.5. The summed E-state index contributed by atoms with van der Waals surface area (Å²) < 4.78 is 32.8. The molecule has 0 atom stereocenters. The lowest BCUT2D eigenvalue weighted by Crippen LogP contribution is -2.39. The van der Waals surface area contributed by atoms with E-state index in [1.807, 2.05) is 60.7 Å². The molecule has 0 radical (unpaired) electrons. The van der Waals surface area contributed by atoms with Crippen LogP contribution in [0.2, 0.25) is 0 Å². The van der Waals surface area contributed by atoms with E-state index in [0.29, 0.717) is 22.4 Å². The average Bonchev–Trinajstić information content (AvgIpc) is 2.95. The van der Waals surface area contributed by atoms with E-state index in [9.17, 15) is 13.2 Å². The summed E-state index contributed by atoms with van der Waals surface area (Å²) >= 11 is 0. The first kappa shape index (κ1) is 26.1. The van der Waals surface area contributed by atoms with Crippen LogP contribution in [-0.2, 0) is 32.9 Å². The molecule has 0 bridgehead atoms. The normalized spacial score (nSPS) is 11.3. The Kier molecular flexibility index (Phi) is 8.65. The van der Waals surface area contributed by atoms with Crippen molar-refractivity contribution in [3.05, 3.63) is 120 Å². The van der Waals surface area contributed by atoms with Crippen LogP contribution in [0.5, 0.6) is 5.75 Å². The summed E-state index contributed by atoms with van der Waals surface area (Å²) in [5.41, 5.74) is 4.92. The van der Waals surface area contributed by atoms with Gasteiger partial charge in [0.2, 0.25) is 0 Å². The maximum absolute atomic E-state index is 13.2. The van der Waals surface area contributed by atoms with Gasteiger partial charge in [0.15, 0.2) is 0 Å². The Balaban J connectivity index is 1.44. The second kappa shape index (κ2) is 12.3. The molecule has 1 amide bonds. The molecule has 8 nitrogen and oxygen atoms in total. The molecule has 2 N–H and O–H groups in total. The molecule has 4 rings (SSSR count). The minimum Gasteiger partial charge on any atom is -0.489 e. The van der Waals surface area contributed by atoms with Crippen LogP contribution in [0.3, 0.4) is 0 Å². The molecule has 0 fully saturated rings. The first-order valence-corrected chi connectivity index (χ1v) is 12.9. The molecule has 190 valence electrons. The number of hydrogen-bond acceptors (Lipinski definition) is 6. The van der Waals surface area contributed by atoms with Gasteiger partial charge in [-0.3, -0.25) is 14.8 Å². The Hall–Kier alpha value is -4.02. The predicted molar refractivity (Wildman–Crippen MR) is 138 cm³/mol. The SMILES string of the molecule is O=C(CN(OCc1ccc(OCc2ccccc2)cc1)S(=O)(=O)c1ccc(-c2ccccc2)cc1)NO. The van der Waals surface area contributed by atoms with Crippen molar-refractivity contribution < 1.29 is 28.0 Å². The summed E-state index contributed by atoms with van der Waals surface area (Å²) in [7, 11) is -4.21. The smallest absolute Gasteiger partial charge is 0.265 e. The minimum atomic E-state index is -4.21. The van der Waals surface area contributed by atoms with Gasteiger partial charge in [0.05, 0.1) is 11.5 Å². The zero-order valence-corrected chi connectivity index (χ0v) is 20.7. The van der Waals surface area contributed by atoms with E-state index in [1.54, 1.807) is 36.4 Å². The molecular weight excluding hydrogens is 492 g/mol. The van der Waals surface area contributed by atoms with Crippen molar-refractivity contribution in [2.24, 2.45) is 0 Å². The Morgan fingerprint density at radius 1 is 0.730 bits per heavy atom. The fourth-order valence-electron chi connectivity index (χ4n) is 3.49. The fourth-order valence-corrected chi connectivity index (χ4v) is 4.68. The number of rotatable bonds is 11. The molecule has 0 aliphatic heterocycles. The van der Waals surface area contributed by atoms with Gasteiger partial charge < -0.3 is 4.74 Å². The molecule has 4 aromatic rings. The van der Waals surface area contributed by atoms with E-state index in [1.165, 1.54) is 17.6 Å². The quantitative estimate of drug-likeness (QED) is 0.223. The molecule has 0 spiro atoms. The number of hydroxylamine groups is 2. The largest absolute Gasteiger partial charge is 0.489 e. The van der Waals surface area contributed by atoms with Crippen molar-refractivity contribution in [1.82, 2.24) is 9.95 Å². The highest BCUT2D eigenvalue weighted by molar-refractivity contribution is 7.89. The van der Waals surface area contributed by atoms with Gasteiger partial charge in [-0.05, 0) is 46.5 Å². The van der Waals surface area contributed by atoms with Gasteiger partial charge in [0.25, 0.3) is 15.9 Å². The Labute approximate surface area is 215 Å². The van der Waals surface area contributed by atoms with Gasteiger partial charge >= 0.3 is 0 Å². The van der Waals surface area contributed by atoms with Gasteiger partial charge in [-0.1, -0.05) is 89.4 Å². The van der Waals surface area contributed by atoms with Crippen LogP contribution in [0.15, 0.2) is 114 Å². The van der Waals surface area contributed by atoms with E-state index in [2.05, 4.69) is 0 Å². The Morgan fingerprint density at radius 3 is 1.92 bits per heavy atom. The van der Waals surface area contributed by atoms with Gasteiger partial charge in [-0.15, -0.1) is 0 Å². The molecule has 37 heavy (non-hydrogen) atoms. The number of carbonyl (C=O) groups is 1. The van der Waals surface area contributed by atoms with Crippen LogP contribution in [-0.4, -0.2) is 30.5 Å². The summed E-state index contributed by atoms with van der Waals surface area (Å²) in [5.74, 6) is -0.288. The molecular formula is C28H26N2O6S. The second-order valence-electron chi connectivity index (χ2n) is 8.08. The minimum absolute atomic E-state index is 0.0532. The van der Waals surface area contributed by atoms with Gasteiger partial charge in [0, 0.05) is 0 Å². The van der Waals surface area contributed by atoms with Crippen LogP contribution < -0.4 is 10.2 Å². The zero-order chi connectivity index (χ0) is 26.1. The third kappa shape index (κ3) is 7.02. The molecule has 9 heteroatoms. The van der Waals surface area contributed by atoms with Crippen molar-refractivity contribution in [2.45, 2.75) is 18.1 Å². The molecule has 0 aliphatic rings. The summed E-state index contributed by atoms with van der Waals surface area (Å²) in [4.78, 5) is 17.3. The summed E-state index contributed by atoms with van der Waals surface area (Å²) in [6.45, 7) is -0.432. The molecule has 0 aliphatic carbocycles. The summed E-state index contributed by atoms with van der Waals surface area (Å²) in [6.07, 6.45) is 0. The van der Waals surface area contributed by atoms with E-state index >= 15 is 0 Å². The van der Waals surface area contributed by atoms with Crippen LogP contribution in [0.25, 0.3) is 11.1 Å². The standard InChI is InChI=1S/C28H26N2O6S/c31-28(29-32)19-30(37(33,34)27-17-13-25(14-18-27)24-9-5-2-6-10-24)36-21-23-11-15-26(16-12-23)35-20-22-7-3-1-4-8-22/h1-18,32H,19-21H2,(H,29,31). The van der Waals surface area contributed by atoms with E-state index in [4.69, 9.17) is 14.8 Å². The Bertz CT molecular complexity index is 1400. The lowest BCUT2D eigenvalue weighted by molar-refractivity contribution is -0.143. The molecule has 0 unspecified atom stereocenters. The van der Waals surface area contributed by atoms with Crippen LogP contribution in [0.1, 0.15) is 11.1 Å². The van der Waals surface area contributed by atoms with Crippen LogP contribution in [0.4, 0.5) is 0 Å². The van der Waals surface area contributed by atoms with Crippen molar-refractivity contribution in [1.29, 1.82) is 0 Å². The van der Waals surface area contributed by atoms with E-state index in [-0.39, 0.29) is 11.5 Å². The number of hydrogen-bond donors (Lipinski definition) is 2. The van der Waals surface area contributed by atoms with Gasteiger partial charge in [-0.25, -0.2) is 13.9 Å². The number of nitrogens with zero attached hydrogens (tertiary/aromatic N) is 1. The number of benzene rings is 4. The first-order valence-electron chi connectivity index (χ1n) is 11.5. The second-order valence-corrected chi connectivity index (χ2v) is 9.91. The van der Waals surface area contributed by atoms with Crippen molar-refractivity contribution in [3.63, 3.8) is 0 Å². The topological polar surface area (TPSA) is 105 Å².